The molecule has 0 aliphatic carbocycles. The Labute approximate surface area is 289 Å². The summed E-state index contributed by atoms with van der Waals surface area (Å²) in [5.74, 6) is 1.70. The molecule has 1 atom stereocenters. The van der Waals surface area contributed by atoms with E-state index in [0.717, 1.165) is 0 Å². The summed E-state index contributed by atoms with van der Waals surface area (Å²) < 4.78 is 73.5. The predicted octanol–water partition coefficient (Wildman–Crippen LogP) is 3.21. The Balaban J connectivity index is -0.000000740. The van der Waals surface area contributed by atoms with Crippen LogP contribution in [0.15, 0.2) is 36.4 Å². The fourth-order valence-electron chi connectivity index (χ4n) is 3.08. The van der Waals surface area contributed by atoms with E-state index in [1.807, 2.05) is 13.8 Å². The minimum Gasteiger partial charge on any atom is -1.00 e. The molecule has 0 aliphatic heterocycles. The Bertz CT molecular complexity index is 1120. The summed E-state index contributed by atoms with van der Waals surface area (Å²) in [7, 11) is -1.93. The average Bonchev–Trinajstić information content (AvgIpc) is 2.93. The van der Waals surface area contributed by atoms with Gasteiger partial charge in [-0.05, 0) is 48.2 Å². The van der Waals surface area contributed by atoms with Gasteiger partial charge in [0.05, 0.1) is 41.6 Å². The fraction of sp³-hybridized carbons (Fsp3) is 0.562. The van der Waals surface area contributed by atoms with E-state index in [4.69, 9.17) is 36.6 Å². The van der Waals surface area contributed by atoms with Crippen molar-refractivity contribution in [3.63, 3.8) is 0 Å². The molecule has 0 saturated heterocycles. The maximum atomic E-state index is 10.7. The largest absolute Gasteiger partial charge is 2.00 e. The number of aliphatic hydroxyl groups excluding tert-OH is 1. The number of hydrogen-bond donors (Lipinski definition) is 1. The molecule has 0 radical (unpaired) electrons. The smallest absolute Gasteiger partial charge is 1.00 e. The molecule has 2 aromatic carbocycles. The molecule has 0 spiro atoms. The quantitative estimate of drug-likeness (QED) is 0.126. The number of aldehydes is 1. The molecule has 0 aliphatic rings. The van der Waals surface area contributed by atoms with Crippen LogP contribution in [-0.4, -0.2) is 89.2 Å². The Morgan fingerprint density at radius 3 is 1.74 bits per heavy atom. The van der Waals surface area contributed by atoms with Crippen molar-refractivity contribution in [1.82, 2.24) is 0 Å². The number of rotatable bonds is 16. The number of carbonyl (C=O) groups excluding carboxylic acids is 1. The Morgan fingerprint density at radius 2 is 1.31 bits per heavy atom. The van der Waals surface area contributed by atoms with Crippen LogP contribution in [-0.2, 0) is 9.47 Å². The van der Waals surface area contributed by atoms with E-state index in [1.54, 1.807) is 26.4 Å². The number of aliphatic hydroxyl groups is 1. The van der Waals surface area contributed by atoms with Crippen molar-refractivity contribution < 1.29 is 63.5 Å². The van der Waals surface area contributed by atoms with Gasteiger partial charge in [0, 0.05) is 45.8 Å². The van der Waals surface area contributed by atoms with Gasteiger partial charge >= 0.3 is 23.1 Å². The number of halogens is 1. The van der Waals surface area contributed by atoms with Crippen LogP contribution in [0.1, 0.15) is 77.2 Å². The van der Waals surface area contributed by atoms with Gasteiger partial charge in [-0.25, -0.2) is 0 Å². The van der Waals surface area contributed by atoms with Crippen molar-refractivity contribution >= 4 is 29.3 Å². The van der Waals surface area contributed by atoms with Crippen molar-refractivity contribution in [3.8, 4) is 23.0 Å². The zero-order chi connectivity index (χ0) is 35.3. The van der Waals surface area contributed by atoms with E-state index in [-0.39, 0.29) is 57.3 Å². The zero-order valence-corrected chi connectivity index (χ0v) is 28.8. The molecule has 2 rings (SSSR count). The van der Waals surface area contributed by atoms with Gasteiger partial charge in [0.15, 0.2) is 23.0 Å². The number of methoxy groups -OCH3 is 4. The topological polar surface area (TPSA) is 92.7 Å². The third kappa shape index (κ3) is 21.2. The maximum Gasteiger partial charge on any atom is 2.00 e. The minimum atomic E-state index is -2.56. The predicted molar refractivity (Wildman–Crippen MR) is 166 cm³/mol. The summed E-state index contributed by atoms with van der Waals surface area (Å²) in [4.78, 5) is 10.7. The SMILES string of the molecule is [2H]C([2H])([2H])Oc1ccc(C(O)CC(C)C)cc1OCCCOC.[2H]C([2H])([2H])Oc1ccc(C=O)cc1OCCCOC.[Br-].[CH2-]C(C)C.[Mg+2]. The molecule has 0 heterocycles. The van der Waals surface area contributed by atoms with Crippen molar-refractivity contribution in [3.05, 3.63) is 54.4 Å². The first kappa shape index (κ1) is 33.3. The van der Waals surface area contributed by atoms with E-state index < -0.39 is 20.2 Å². The van der Waals surface area contributed by atoms with Gasteiger partial charge in [0.2, 0.25) is 0 Å². The Hall–Kier alpha value is -1.56. The van der Waals surface area contributed by atoms with Crippen molar-refractivity contribution in [2.75, 3.05) is 54.7 Å². The van der Waals surface area contributed by atoms with E-state index in [0.29, 0.717) is 80.7 Å². The van der Waals surface area contributed by atoms with E-state index in [9.17, 15) is 9.90 Å². The Kier molecular flexibility index (Phi) is 22.4. The molecule has 10 heteroatoms. The molecule has 2 aromatic rings. The third-order valence-corrected chi connectivity index (χ3v) is 4.87. The summed E-state index contributed by atoms with van der Waals surface area (Å²) in [6.45, 7) is 13.6. The first-order chi connectivity index (χ1) is 21.4. The molecule has 1 N–H and O–H groups in total. The molecule has 42 heavy (non-hydrogen) atoms. The van der Waals surface area contributed by atoms with Crippen molar-refractivity contribution in [2.24, 2.45) is 11.8 Å². The molecule has 236 valence electrons. The molecule has 0 bridgehead atoms. The van der Waals surface area contributed by atoms with E-state index >= 15 is 0 Å². The van der Waals surface area contributed by atoms with Crippen LogP contribution in [0.3, 0.4) is 0 Å². The van der Waals surface area contributed by atoms with Crippen LogP contribution in [0.25, 0.3) is 0 Å². The first-order valence-electron chi connectivity index (χ1n) is 16.3. The monoisotopic (exact) mass is 672 g/mol. The van der Waals surface area contributed by atoms with Gasteiger partial charge in [-0.2, -0.15) is 5.92 Å². The van der Waals surface area contributed by atoms with E-state index in [1.165, 1.54) is 24.3 Å². The molecule has 0 amide bonds. The number of carbonyl (C=O) groups is 1. The van der Waals surface area contributed by atoms with Gasteiger partial charge in [0.1, 0.15) is 6.29 Å². The number of hydrogen-bond acceptors (Lipinski definition) is 8. The summed E-state index contributed by atoms with van der Waals surface area (Å²) in [6.07, 6.45) is 1.96. The second-order valence-corrected chi connectivity index (χ2v) is 9.66. The van der Waals surface area contributed by atoms with Crippen LogP contribution < -0.4 is 35.9 Å². The van der Waals surface area contributed by atoms with Gasteiger partial charge < -0.3 is 57.4 Å². The average molecular weight is 674 g/mol. The van der Waals surface area contributed by atoms with Gasteiger partial charge in [-0.3, -0.25) is 4.79 Å². The Morgan fingerprint density at radius 1 is 0.833 bits per heavy atom. The van der Waals surface area contributed by atoms with Crippen LogP contribution in [0.2, 0.25) is 0 Å². The normalized spacial score (nSPS) is 13.3. The maximum absolute atomic E-state index is 10.7. The first-order valence-corrected chi connectivity index (χ1v) is 13.3. The van der Waals surface area contributed by atoms with Crippen molar-refractivity contribution in [2.45, 2.75) is 53.1 Å². The van der Waals surface area contributed by atoms with Crippen LogP contribution in [0.5, 0.6) is 23.0 Å². The molecular weight excluding hydrogens is 617 g/mol. The molecule has 1 unspecified atom stereocenters. The van der Waals surface area contributed by atoms with Gasteiger partial charge in [0.25, 0.3) is 0 Å². The van der Waals surface area contributed by atoms with Crippen LogP contribution >= 0.6 is 0 Å². The second-order valence-electron chi connectivity index (χ2n) is 9.66. The summed E-state index contributed by atoms with van der Waals surface area (Å²) in [6, 6.07) is 9.15. The van der Waals surface area contributed by atoms with Crippen LogP contribution in [0, 0.1) is 18.8 Å². The van der Waals surface area contributed by atoms with Gasteiger partial charge in [-0.15, -0.1) is 0 Å². The third-order valence-electron chi connectivity index (χ3n) is 4.87. The summed E-state index contributed by atoms with van der Waals surface area (Å²) in [5, 5.41) is 10.2. The fourth-order valence-corrected chi connectivity index (χ4v) is 3.08. The molecule has 0 saturated carbocycles. The molecule has 0 aromatic heterocycles. The zero-order valence-electron chi connectivity index (χ0n) is 31.8. The van der Waals surface area contributed by atoms with E-state index in [2.05, 4.69) is 20.8 Å². The van der Waals surface area contributed by atoms with Crippen molar-refractivity contribution in [1.29, 1.82) is 0 Å². The number of ether oxygens (including phenoxy) is 6. The molecule has 0 fully saturated rings. The minimum absolute atomic E-state index is 0. The summed E-state index contributed by atoms with van der Waals surface area (Å²) in [5.41, 5.74) is 1.07. The standard InChI is InChI=1S/C16H26O4.C12H16O4.C4H9.BrH.Mg/c1-12(2)10-14(17)13-6-7-15(19-4)16(11-13)20-9-5-8-18-3;1-14-6-3-7-16-12-8-10(9-13)4-5-11(12)15-2;1-4(2)3;;/h6-7,11-12,14,17H,5,8-10H2,1-4H3;4-5,8-9H,3,6-7H2,1-2H3;4H,1H2,2-3H3;1H;/q;;-1;;+2/p-1/i4D3;2D3;;;. The molecule has 8 nitrogen and oxygen atoms in total. The van der Waals surface area contributed by atoms with Crippen LogP contribution in [0.4, 0.5) is 0 Å². The number of benzene rings is 2. The van der Waals surface area contributed by atoms with Gasteiger partial charge in [-0.1, -0.05) is 33.8 Å². The summed E-state index contributed by atoms with van der Waals surface area (Å²) >= 11 is 0. The molecular formula is C32H51BrMgO8. The second kappa shape index (κ2) is 28.2.